The minimum atomic E-state index is -0.483. The fourth-order valence-corrected chi connectivity index (χ4v) is 2.80. The van der Waals surface area contributed by atoms with Gasteiger partial charge in [-0.25, -0.2) is 9.48 Å². The van der Waals surface area contributed by atoms with Gasteiger partial charge in [-0.05, 0) is 54.0 Å². The molecule has 1 amide bonds. The Hall–Kier alpha value is -2.77. The first kappa shape index (κ1) is 16.1. The molecule has 0 radical (unpaired) electrons. The van der Waals surface area contributed by atoms with E-state index in [4.69, 9.17) is 4.74 Å². The maximum Gasteiger partial charge on any atom is 0.334 e. The zero-order valence-electron chi connectivity index (χ0n) is 13.5. The third-order valence-electron chi connectivity index (χ3n) is 3.98. The van der Waals surface area contributed by atoms with Crippen molar-refractivity contribution in [3.8, 4) is 11.4 Å². The summed E-state index contributed by atoms with van der Waals surface area (Å²) < 4.78 is 6.94. The number of hydrogen-bond donors (Lipinski definition) is 0. The molecule has 0 N–H and O–H groups in total. The molecule has 1 aromatic heterocycles. The van der Waals surface area contributed by atoms with Gasteiger partial charge in [0.25, 0.3) is 0 Å². The van der Waals surface area contributed by atoms with Crippen LogP contribution in [0.4, 0.5) is 0 Å². The number of rotatable bonds is 5. The van der Waals surface area contributed by atoms with E-state index in [1.54, 1.807) is 29.2 Å². The van der Waals surface area contributed by atoms with E-state index in [-0.39, 0.29) is 11.9 Å². The third-order valence-corrected chi connectivity index (χ3v) is 3.98. The summed E-state index contributed by atoms with van der Waals surface area (Å²) in [5, 5.41) is 10.9. The quantitative estimate of drug-likeness (QED) is 0.608. The molecule has 1 unspecified atom stereocenters. The molecule has 8 nitrogen and oxygen atoms in total. The van der Waals surface area contributed by atoms with E-state index in [0.717, 1.165) is 18.5 Å². The van der Waals surface area contributed by atoms with Crippen molar-refractivity contribution < 1.29 is 14.3 Å². The van der Waals surface area contributed by atoms with E-state index in [0.29, 0.717) is 25.1 Å². The number of hydrogen-bond acceptors (Lipinski definition) is 6. The van der Waals surface area contributed by atoms with Crippen molar-refractivity contribution >= 4 is 11.9 Å². The highest BCUT2D eigenvalue weighted by molar-refractivity contribution is 5.86. The highest BCUT2D eigenvalue weighted by Crippen LogP contribution is 2.22. The number of aromatic nitrogens is 4. The highest BCUT2D eigenvalue weighted by Gasteiger charge is 2.34. The number of amides is 1. The molecule has 2 heterocycles. The minimum Gasteiger partial charge on any atom is -0.425 e. The van der Waals surface area contributed by atoms with Gasteiger partial charge in [0.15, 0.2) is 0 Å². The predicted octanol–water partition coefficient (Wildman–Crippen LogP) is 1.36. The van der Waals surface area contributed by atoms with Crippen molar-refractivity contribution in [2.24, 2.45) is 0 Å². The first-order chi connectivity index (χ1) is 11.7. The average molecular weight is 329 g/mol. The van der Waals surface area contributed by atoms with Gasteiger partial charge in [-0.3, -0.25) is 4.79 Å². The summed E-state index contributed by atoms with van der Waals surface area (Å²) in [4.78, 5) is 26.1. The zero-order valence-corrected chi connectivity index (χ0v) is 13.5. The first-order valence-corrected chi connectivity index (χ1v) is 8.03. The number of likely N-dealkylation sites (tertiary alicyclic amines) is 1. The minimum absolute atomic E-state index is 0.0194. The molecule has 1 fully saturated rings. The summed E-state index contributed by atoms with van der Waals surface area (Å²) in [5.41, 5.74) is 0.764. The Morgan fingerprint density at radius 2 is 2.08 bits per heavy atom. The van der Waals surface area contributed by atoms with Gasteiger partial charge in [0.1, 0.15) is 18.1 Å². The summed E-state index contributed by atoms with van der Waals surface area (Å²) in [6.45, 7) is 2.57. The van der Waals surface area contributed by atoms with E-state index in [1.165, 1.54) is 11.0 Å². The maximum absolute atomic E-state index is 12.4. The van der Waals surface area contributed by atoms with Gasteiger partial charge in [0.05, 0.1) is 5.69 Å². The number of nitrogens with zero attached hydrogens (tertiary/aromatic N) is 5. The van der Waals surface area contributed by atoms with Crippen LogP contribution in [0, 0.1) is 0 Å². The van der Waals surface area contributed by atoms with Gasteiger partial charge in [-0.1, -0.05) is 6.92 Å². The molecule has 0 aliphatic carbocycles. The average Bonchev–Trinajstić information content (AvgIpc) is 3.27. The Morgan fingerprint density at radius 1 is 1.29 bits per heavy atom. The second-order valence-electron chi connectivity index (χ2n) is 5.66. The molecule has 1 saturated heterocycles. The molecule has 0 spiro atoms. The van der Waals surface area contributed by atoms with Crippen LogP contribution < -0.4 is 4.74 Å². The van der Waals surface area contributed by atoms with E-state index in [2.05, 4.69) is 15.5 Å². The summed E-state index contributed by atoms with van der Waals surface area (Å²) >= 11 is 0. The van der Waals surface area contributed by atoms with Gasteiger partial charge in [0.2, 0.25) is 5.91 Å². The van der Waals surface area contributed by atoms with Crippen molar-refractivity contribution in [1.29, 1.82) is 0 Å². The molecule has 1 aliphatic heterocycles. The van der Waals surface area contributed by atoms with Crippen LogP contribution in [0.3, 0.4) is 0 Å². The molecule has 3 rings (SSSR count). The number of esters is 1. The first-order valence-electron chi connectivity index (χ1n) is 8.03. The predicted molar refractivity (Wildman–Crippen MR) is 84.4 cm³/mol. The van der Waals surface area contributed by atoms with Crippen LogP contribution in [0.5, 0.6) is 5.75 Å². The Balaban J connectivity index is 1.65. The molecule has 1 aromatic carbocycles. The lowest BCUT2D eigenvalue weighted by Gasteiger charge is -2.23. The maximum atomic E-state index is 12.4. The van der Waals surface area contributed by atoms with Crippen LogP contribution in [0.1, 0.15) is 32.6 Å². The molecule has 24 heavy (non-hydrogen) atoms. The molecule has 2 aromatic rings. The van der Waals surface area contributed by atoms with Crippen molar-refractivity contribution in [1.82, 2.24) is 25.1 Å². The number of carbonyl (C=O) groups is 2. The van der Waals surface area contributed by atoms with Crippen molar-refractivity contribution in [3.05, 3.63) is 30.6 Å². The molecule has 8 heteroatoms. The fraction of sp³-hybridized carbons (Fsp3) is 0.438. The summed E-state index contributed by atoms with van der Waals surface area (Å²) in [5.74, 6) is 0.0738. The molecule has 0 bridgehead atoms. The van der Waals surface area contributed by atoms with E-state index < -0.39 is 6.04 Å². The fourth-order valence-electron chi connectivity index (χ4n) is 2.80. The van der Waals surface area contributed by atoms with Crippen LogP contribution in [0.15, 0.2) is 30.6 Å². The smallest absolute Gasteiger partial charge is 0.334 e. The van der Waals surface area contributed by atoms with Crippen molar-refractivity contribution in [2.75, 3.05) is 6.54 Å². The summed E-state index contributed by atoms with van der Waals surface area (Å²) in [6.07, 6.45) is 4.20. The van der Waals surface area contributed by atoms with E-state index in [9.17, 15) is 9.59 Å². The largest absolute Gasteiger partial charge is 0.425 e. The summed E-state index contributed by atoms with van der Waals surface area (Å²) in [6, 6.07) is 6.40. The Kier molecular flexibility index (Phi) is 4.83. The third kappa shape index (κ3) is 3.42. The number of carbonyl (C=O) groups excluding carboxylic acids is 2. The van der Waals surface area contributed by atoms with Crippen molar-refractivity contribution in [2.45, 2.75) is 38.6 Å². The SMILES string of the molecule is CCCC(=O)N1CCCC1C(=O)Oc1ccc(-n2cnnn2)cc1. The number of ether oxygens (including phenoxy) is 1. The normalized spacial score (nSPS) is 17.0. The van der Waals surface area contributed by atoms with Crippen LogP contribution in [-0.4, -0.2) is 49.6 Å². The molecular weight excluding hydrogens is 310 g/mol. The van der Waals surface area contributed by atoms with Crippen LogP contribution in [-0.2, 0) is 9.59 Å². The zero-order chi connectivity index (χ0) is 16.9. The van der Waals surface area contributed by atoms with E-state index >= 15 is 0 Å². The molecule has 0 saturated carbocycles. The van der Waals surface area contributed by atoms with Crippen LogP contribution >= 0.6 is 0 Å². The van der Waals surface area contributed by atoms with Crippen LogP contribution in [0.25, 0.3) is 5.69 Å². The topological polar surface area (TPSA) is 90.2 Å². The Labute approximate surface area is 139 Å². The second kappa shape index (κ2) is 7.20. The van der Waals surface area contributed by atoms with E-state index in [1.807, 2.05) is 6.92 Å². The Morgan fingerprint density at radius 3 is 2.75 bits per heavy atom. The second-order valence-corrected chi connectivity index (χ2v) is 5.66. The highest BCUT2D eigenvalue weighted by atomic mass is 16.5. The number of tetrazole rings is 1. The molecule has 1 atom stereocenters. The monoisotopic (exact) mass is 329 g/mol. The van der Waals surface area contributed by atoms with Gasteiger partial charge >= 0.3 is 5.97 Å². The van der Waals surface area contributed by atoms with Gasteiger partial charge in [-0.15, -0.1) is 5.10 Å². The molecule has 1 aliphatic rings. The lowest BCUT2D eigenvalue weighted by atomic mass is 10.2. The lowest BCUT2D eigenvalue weighted by molar-refractivity contribution is -0.146. The van der Waals surface area contributed by atoms with Gasteiger partial charge in [-0.2, -0.15) is 0 Å². The van der Waals surface area contributed by atoms with Gasteiger partial charge in [0, 0.05) is 13.0 Å². The van der Waals surface area contributed by atoms with Crippen LogP contribution in [0.2, 0.25) is 0 Å². The van der Waals surface area contributed by atoms with Gasteiger partial charge < -0.3 is 9.64 Å². The number of benzene rings is 1. The Bertz CT molecular complexity index is 699. The molecular formula is C16H19N5O3. The standard InChI is InChI=1S/C16H19N5O3/c1-2-4-15(22)20-10-3-5-14(20)16(23)24-13-8-6-12(7-9-13)21-11-17-18-19-21/h6-9,11,14H,2-5,10H2,1H3. The summed E-state index contributed by atoms with van der Waals surface area (Å²) in [7, 11) is 0. The van der Waals surface area contributed by atoms with Crippen molar-refractivity contribution in [3.63, 3.8) is 0 Å². The molecule has 126 valence electrons. The lowest BCUT2D eigenvalue weighted by Crippen LogP contribution is -2.42.